The Bertz CT molecular complexity index is 549. The maximum atomic E-state index is 11.9. The van der Waals surface area contributed by atoms with Gasteiger partial charge in [-0.1, -0.05) is 12.1 Å². The Morgan fingerprint density at radius 2 is 1.86 bits per heavy atom. The van der Waals surface area contributed by atoms with Gasteiger partial charge in [0.2, 0.25) is 5.91 Å². The zero-order chi connectivity index (χ0) is 15.9. The molecule has 0 aliphatic carbocycles. The Morgan fingerprint density at radius 3 is 2.45 bits per heavy atom. The van der Waals surface area contributed by atoms with E-state index < -0.39 is 0 Å². The third-order valence-corrected chi connectivity index (χ3v) is 3.92. The normalized spacial score (nSPS) is 15.8. The molecular weight excluding hydrogens is 298 g/mol. The van der Waals surface area contributed by atoms with Crippen molar-refractivity contribution in [3.8, 4) is 5.75 Å². The molecule has 1 aliphatic heterocycles. The largest absolute Gasteiger partial charge is 0.497 e. The van der Waals surface area contributed by atoms with Gasteiger partial charge in [-0.05, 0) is 43.0 Å². The first-order chi connectivity index (χ1) is 10.6. The molecule has 118 valence electrons. The molecule has 22 heavy (non-hydrogen) atoms. The summed E-state index contributed by atoms with van der Waals surface area (Å²) >= 11 is 5.28. The third kappa shape index (κ3) is 4.82. The number of carbonyl (C=O) groups is 1. The second-order valence-corrected chi connectivity index (χ2v) is 5.58. The smallest absolute Gasteiger partial charge is 0.250 e. The minimum Gasteiger partial charge on any atom is -0.497 e. The van der Waals surface area contributed by atoms with Crippen LogP contribution in [0.5, 0.6) is 5.75 Å². The molecule has 1 heterocycles. The lowest BCUT2D eigenvalue weighted by molar-refractivity contribution is -0.115. The number of ether oxygens (including phenoxy) is 1. The fourth-order valence-corrected chi connectivity index (χ4v) is 2.41. The molecule has 5 nitrogen and oxygen atoms in total. The van der Waals surface area contributed by atoms with E-state index >= 15 is 0 Å². The molecule has 1 aliphatic rings. The van der Waals surface area contributed by atoms with E-state index in [2.05, 4.69) is 17.3 Å². The number of rotatable bonds is 3. The van der Waals surface area contributed by atoms with Crippen molar-refractivity contribution in [2.75, 3.05) is 40.3 Å². The van der Waals surface area contributed by atoms with Crippen molar-refractivity contribution < 1.29 is 9.53 Å². The molecule has 1 amide bonds. The zero-order valence-electron chi connectivity index (χ0n) is 12.9. The van der Waals surface area contributed by atoms with Crippen LogP contribution in [0.2, 0.25) is 0 Å². The van der Waals surface area contributed by atoms with Crippen LogP contribution < -0.4 is 10.1 Å². The SMILES string of the molecule is COc1ccc(/C=C\C(=O)NC(=S)N2CCN(C)CC2)cc1. The summed E-state index contributed by atoms with van der Waals surface area (Å²) < 4.78 is 5.09. The molecule has 1 N–H and O–H groups in total. The Balaban J connectivity index is 1.83. The Kier molecular flexibility index (Phi) is 5.91. The summed E-state index contributed by atoms with van der Waals surface area (Å²) in [5, 5.41) is 3.24. The Labute approximate surface area is 136 Å². The lowest BCUT2D eigenvalue weighted by Gasteiger charge is -2.33. The molecule has 1 aromatic carbocycles. The highest BCUT2D eigenvalue weighted by molar-refractivity contribution is 7.80. The van der Waals surface area contributed by atoms with Gasteiger partial charge in [0, 0.05) is 32.3 Å². The van der Waals surface area contributed by atoms with Gasteiger partial charge < -0.3 is 14.5 Å². The number of nitrogens with one attached hydrogen (secondary N) is 1. The standard InChI is InChI=1S/C16H21N3O2S/c1-18-9-11-19(12-10-18)16(22)17-15(20)8-5-13-3-6-14(21-2)7-4-13/h3-8H,9-12H2,1-2H3,(H,17,20,22)/b8-5-. The van der Waals surface area contributed by atoms with Crippen LogP contribution in [0.25, 0.3) is 6.08 Å². The fraction of sp³-hybridized carbons (Fsp3) is 0.375. The van der Waals surface area contributed by atoms with Gasteiger partial charge in [0.1, 0.15) is 5.75 Å². The maximum Gasteiger partial charge on any atom is 0.250 e. The number of hydrogen-bond acceptors (Lipinski definition) is 4. The number of thiocarbonyl (C=S) groups is 1. The van der Waals surface area contributed by atoms with Crippen molar-refractivity contribution in [1.29, 1.82) is 0 Å². The molecule has 1 fully saturated rings. The van der Waals surface area contributed by atoms with Crippen molar-refractivity contribution in [3.05, 3.63) is 35.9 Å². The third-order valence-electron chi connectivity index (χ3n) is 3.56. The second kappa shape index (κ2) is 7.91. The summed E-state index contributed by atoms with van der Waals surface area (Å²) in [6, 6.07) is 7.49. The highest BCUT2D eigenvalue weighted by Gasteiger charge is 2.16. The monoisotopic (exact) mass is 319 g/mol. The van der Waals surface area contributed by atoms with Crippen LogP contribution in [0.3, 0.4) is 0 Å². The van der Waals surface area contributed by atoms with Gasteiger partial charge in [-0.25, -0.2) is 0 Å². The maximum absolute atomic E-state index is 11.9. The Hall–Kier alpha value is -1.92. The predicted octanol–water partition coefficient (Wildman–Crippen LogP) is 1.36. The number of amides is 1. The van der Waals surface area contributed by atoms with E-state index in [0.29, 0.717) is 5.11 Å². The van der Waals surface area contributed by atoms with E-state index in [1.807, 2.05) is 29.2 Å². The average Bonchev–Trinajstić information content (AvgIpc) is 2.54. The summed E-state index contributed by atoms with van der Waals surface area (Å²) in [6.07, 6.45) is 3.24. The van der Waals surface area contributed by atoms with E-state index in [1.165, 1.54) is 6.08 Å². The number of methoxy groups -OCH3 is 1. The van der Waals surface area contributed by atoms with E-state index in [1.54, 1.807) is 13.2 Å². The molecule has 0 bridgehead atoms. The van der Waals surface area contributed by atoms with Gasteiger partial charge in [-0.2, -0.15) is 0 Å². The van der Waals surface area contributed by atoms with Crippen molar-refractivity contribution in [3.63, 3.8) is 0 Å². The molecule has 1 aromatic rings. The molecule has 1 saturated heterocycles. The average molecular weight is 319 g/mol. The predicted molar refractivity (Wildman–Crippen MR) is 91.8 cm³/mol. The molecule has 0 spiro atoms. The highest BCUT2D eigenvalue weighted by Crippen LogP contribution is 2.12. The van der Waals surface area contributed by atoms with Crippen molar-refractivity contribution in [2.45, 2.75) is 0 Å². The number of carbonyl (C=O) groups excluding carboxylic acids is 1. The molecule has 6 heteroatoms. The molecule has 0 atom stereocenters. The summed E-state index contributed by atoms with van der Waals surface area (Å²) in [5.41, 5.74) is 0.932. The zero-order valence-corrected chi connectivity index (χ0v) is 13.7. The second-order valence-electron chi connectivity index (χ2n) is 5.19. The lowest BCUT2D eigenvalue weighted by atomic mass is 10.2. The molecule has 2 rings (SSSR count). The molecular formula is C16H21N3O2S. The van der Waals surface area contributed by atoms with Crippen LogP contribution >= 0.6 is 12.2 Å². The van der Waals surface area contributed by atoms with Crippen LogP contribution in [0.4, 0.5) is 0 Å². The summed E-state index contributed by atoms with van der Waals surface area (Å²) in [6.45, 7) is 3.60. The van der Waals surface area contributed by atoms with Crippen LogP contribution in [-0.2, 0) is 4.79 Å². The van der Waals surface area contributed by atoms with Crippen LogP contribution in [0, 0.1) is 0 Å². The van der Waals surface area contributed by atoms with Crippen LogP contribution in [-0.4, -0.2) is 61.2 Å². The summed E-state index contributed by atoms with van der Waals surface area (Å²) in [5.74, 6) is 0.581. The Morgan fingerprint density at radius 1 is 1.23 bits per heavy atom. The van der Waals surface area contributed by atoms with E-state index in [0.717, 1.165) is 37.5 Å². The van der Waals surface area contributed by atoms with Crippen molar-refractivity contribution in [1.82, 2.24) is 15.1 Å². The minimum absolute atomic E-state index is 0.209. The van der Waals surface area contributed by atoms with Gasteiger partial charge in [0.05, 0.1) is 7.11 Å². The molecule has 0 radical (unpaired) electrons. The fourth-order valence-electron chi connectivity index (χ4n) is 2.12. The summed E-state index contributed by atoms with van der Waals surface area (Å²) in [4.78, 5) is 16.2. The first-order valence-corrected chi connectivity index (χ1v) is 7.60. The van der Waals surface area contributed by atoms with Crippen molar-refractivity contribution >= 4 is 29.3 Å². The molecule has 0 aromatic heterocycles. The first-order valence-electron chi connectivity index (χ1n) is 7.19. The van der Waals surface area contributed by atoms with Crippen LogP contribution in [0.15, 0.2) is 30.3 Å². The quantitative estimate of drug-likeness (QED) is 0.673. The molecule has 0 unspecified atom stereocenters. The number of nitrogens with zero attached hydrogens (tertiary/aromatic N) is 2. The minimum atomic E-state index is -0.209. The number of piperazine rings is 1. The van der Waals surface area contributed by atoms with E-state index in [9.17, 15) is 4.79 Å². The lowest BCUT2D eigenvalue weighted by Crippen LogP contribution is -2.51. The van der Waals surface area contributed by atoms with Gasteiger partial charge in [0.15, 0.2) is 5.11 Å². The topological polar surface area (TPSA) is 44.8 Å². The molecule has 0 saturated carbocycles. The number of hydrogen-bond donors (Lipinski definition) is 1. The van der Waals surface area contributed by atoms with Gasteiger partial charge in [-0.15, -0.1) is 0 Å². The summed E-state index contributed by atoms with van der Waals surface area (Å²) in [7, 11) is 3.70. The van der Waals surface area contributed by atoms with Crippen LogP contribution in [0.1, 0.15) is 5.56 Å². The van der Waals surface area contributed by atoms with E-state index in [-0.39, 0.29) is 5.91 Å². The van der Waals surface area contributed by atoms with E-state index in [4.69, 9.17) is 17.0 Å². The van der Waals surface area contributed by atoms with Gasteiger partial charge >= 0.3 is 0 Å². The first kappa shape index (κ1) is 16.5. The van der Waals surface area contributed by atoms with Gasteiger partial charge in [0.25, 0.3) is 0 Å². The highest BCUT2D eigenvalue weighted by atomic mass is 32.1. The van der Waals surface area contributed by atoms with Gasteiger partial charge in [-0.3, -0.25) is 10.1 Å². The number of likely N-dealkylation sites (N-methyl/N-ethyl adjacent to an activating group) is 1. The number of benzene rings is 1. The van der Waals surface area contributed by atoms with Crippen molar-refractivity contribution in [2.24, 2.45) is 0 Å².